The molecule has 0 saturated carbocycles. The van der Waals surface area contributed by atoms with Crippen molar-refractivity contribution in [3.63, 3.8) is 0 Å². The first-order valence-corrected chi connectivity index (χ1v) is 6.42. The molecule has 1 aromatic heterocycles. The number of rotatable bonds is 4. The number of nitrogens with two attached hydrogens (primary N) is 1. The Bertz CT molecular complexity index is 508. The summed E-state index contributed by atoms with van der Waals surface area (Å²) in [5.41, 5.74) is 6.65. The molecule has 2 amide bonds. The van der Waals surface area contributed by atoms with Gasteiger partial charge in [0.05, 0.1) is 10.2 Å². The zero-order chi connectivity index (χ0) is 13.0. The van der Waals surface area contributed by atoms with Gasteiger partial charge < -0.3 is 16.0 Å². The molecule has 0 spiro atoms. The van der Waals surface area contributed by atoms with Gasteiger partial charge >= 0.3 is 6.03 Å². The molecule has 0 aliphatic heterocycles. The number of nitrogens with one attached hydrogen (secondary N) is 3. The zero-order valence-corrected chi connectivity index (χ0v) is 10.8. The van der Waals surface area contributed by atoms with Crippen LogP contribution in [0.5, 0.6) is 0 Å². The van der Waals surface area contributed by atoms with E-state index in [4.69, 9.17) is 5.73 Å². The van der Waals surface area contributed by atoms with E-state index in [9.17, 15) is 4.79 Å². The third-order valence-corrected chi connectivity index (χ3v) is 3.16. The van der Waals surface area contributed by atoms with Crippen LogP contribution >= 0.6 is 11.3 Å². The summed E-state index contributed by atoms with van der Waals surface area (Å²) >= 11 is 1.49. The van der Waals surface area contributed by atoms with E-state index in [1.54, 1.807) is 0 Å². The third kappa shape index (κ3) is 3.08. The monoisotopic (exact) mass is 265 g/mol. The van der Waals surface area contributed by atoms with Crippen molar-refractivity contribution in [3.05, 3.63) is 24.3 Å². The minimum atomic E-state index is -0.669. The lowest BCUT2D eigenvalue weighted by molar-refractivity contribution is 0.239. The lowest BCUT2D eigenvalue weighted by atomic mass is 10.3. The van der Waals surface area contributed by atoms with Crippen molar-refractivity contribution in [2.24, 2.45) is 5.73 Å². The molecular formula is C11H15N5OS. The van der Waals surface area contributed by atoms with Crippen LogP contribution < -0.4 is 21.7 Å². The molecule has 96 valence electrons. The van der Waals surface area contributed by atoms with Crippen LogP contribution in [0.15, 0.2) is 24.3 Å². The van der Waals surface area contributed by atoms with Crippen molar-refractivity contribution in [2.75, 3.05) is 11.9 Å². The van der Waals surface area contributed by atoms with Gasteiger partial charge in [0.1, 0.15) is 0 Å². The fraction of sp³-hybridized carbons (Fsp3) is 0.273. The largest absolute Gasteiger partial charge is 0.338 e. The van der Waals surface area contributed by atoms with Crippen LogP contribution in [0.25, 0.3) is 10.2 Å². The summed E-state index contributed by atoms with van der Waals surface area (Å²) in [7, 11) is 0. The molecule has 2 rings (SSSR count). The summed E-state index contributed by atoms with van der Waals surface area (Å²) in [4.78, 5) is 15.6. The van der Waals surface area contributed by atoms with Crippen LogP contribution in [0.3, 0.4) is 0 Å². The summed E-state index contributed by atoms with van der Waals surface area (Å²) in [5, 5.41) is 8.77. The Morgan fingerprint density at radius 2 is 2.28 bits per heavy atom. The van der Waals surface area contributed by atoms with E-state index in [-0.39, 0.29) is 6.03 Å². The number of carbonyl (C=O) groups excluding carboxylic acids is 1. The Hall–Kier alpha value is -1.86. The number of hydrogen-bond acceptors (Lipinski definition) is 5. The average Bonchev–Trinajstić information content (AvgIpc) is 2.70. The summed E-state index contributed by atoms with van der Waals surface area (Å²) < 4.78 is 1.07. The van der Waals surface area contributed by atoms with Gasteiger partial charge in [-0.05, 0) is 19.1 Å². The van der Waals surface area contributed by atoms with E-state index in [0.29, 0.717) is 11.7 Å². The SMILES string of the molecule is CCNC(=O)NC(N)Nc1nc2ccccc2s1. The quantitative estimate of drug-likeness (QED) is 0.626. The molecule has 0 fully saturated rings. The molecule has 6 nitrogen and oxygen atoms in total. The number of urea groups is 1. The molecule has 1 aromatic carbocycles. The van der Waals surface area contributed by atoms with Gasteiger partial charge in [-0.3, -0.25) is 5.73 Å². The lowest BCUT2D eigenvalue weighted by Gasteiger charge is -2.14. The maximum atomic E-state index is 11.3. The van der Waals surface area contributed by atoms with Gasteiger partial charge in [0.25, 0.3) is 0 Å². The number of amides is 2. The molecule has 0 saturated heterocycles. The fourth-order valence-corrected chi connectivity index (χ4v) is 2.36. The number of thiazole rings is 1. The lowest BCUT2D eigenvalue weighted by Crippen LogP contribution is -2.50. The molecule has 2 aromatic rings. The third-order valence-electron chi connectivity index (χ3n) is 2.20. The average molecular weight is 265 g/mol. The molecule has 0 radical (unpaired) electrons. The highest BCUT2D eigenvalue weighted by Crippen LogP contribution is 2.25. The summed E-state index contributed by atoms with van der Waals surface area (Å²) in [6, 6.07) is 7.50. The zero-order valence-electron chi connectivity index (χ0n) is 9.93. The number of fused-ring (bicyclic) bond motifs is 1. The molecule has 0 aliphatic carbocycles. The van der Waals surface area contributed by atoms with E-state index in [0.717, 1.165) is 10.2 Å². The Balaban J connectivity index is 1.98. The smallest absolute Gasteiger partial charge is 0.317 e. The van der Waals surface area contributed by atoms with Gasteiger partial charge in [-0.2, -0.15) is 0 Å². The number of carbonyl (C=O) groups is 1. The van der Waals surface area contributed by atoms with E-state index in [2.05, 4.69) is 20.9 Å². The van der Waals surface area contributed by atoms with E-state index >= 15 is 0 Å². The first kappa shape index (κ1) is 12.6. The first-order valence-electron chi connectivity index (χ1n) is 5.61. The van der Waals surface area contributed by atoms with Gasteiger partial charge in [0, 0.05) is 6.54 Å². The van der Waals surface area contributed by atoms with Gasteiger partial charge in [0.2, 0.25) is 0 Å². The predicted octanol–water partition coefficient (Wildman–Crippen LogP) is 1.27. The van der Waals surface area contributed by atoms with Crippen molar-refractivity contribution < 1.29 is 4.79 Å². The summed E-state index contributed by atoms with van der Waals surface area (Å²) in [5.74, 6) is 0. The second-order valence-electron chi connectivity index (χ2n) is 3.61. The maximum absolute atomic E-state index is 11.3. The van der Waals surface area contributed by atoms with Gasteiger partial charge in [-0.1, -0.05) is 23.5 Å². The summed E-state index contributed by atoms with van der Waals surface area (Å²) in [6.45, 7) is 2.39. The standard InChI is InChI=1S/C11H15N5OS/c1-2-13-10(17)15-9(12)16-11-14-7-5-3-4-6-8(7)18-11/h3-6,9H,2,12H2,1H3,(H,14,16)(H2,13,15,17). The van der Waals surface area contributed by atoms with Crippen LogP contribution in [0.1, 0.15) is 6.92 Å². The molecule has 1 unspecified atom stereocenters. The van der Waals surface area contributed by atoms with E-state index in [1.165, 1.54) is 11.3 Å². The van der Waals surface area contributed by atoms with Gasteiger partial charge in [-0.25, -0.2) is 9.78 Å². The maximum Gasteiger partial charge on any atom is 0.317 e. The number of hydrogen-bond donors (Lipinski definition) is 4. The molecule has 5 N–H and O–H groups in total. The van der Waals surface area contributed by atoms with Crippen molar-refractivity contribution in [1.82, 2.24) is 15.6 Å². The molecule has 1 heterocycles. The molecule has 18 heavy (non-hydrogen) atoms. The highest BCUT2D eigenvalue weighted by atomic mass is 32.1. The van der Waals surface area contributed by atoms with E-state index < -0.39 is 6.29 Å². The number of nitrogens with zero attached hydrogens (tertiary/aromatic N) is 1. The highest BCUT2D eigenvalue weighted by Gasteiger charge is 2.09. The van der Waals surface area contributed by atoms with Crippen molar-refractivity contribution in [2.45, 2.75) is 13.2 Å². The van der Waals surface area contributed by atoms with E-state index in [1.807, 2.05) is 31.2 Å². The second-order valence-corrected chi connectivity index (χ2v) is 4.64. The van der Waals surface area contributed by atoms with Crippen molar-refractivity contribution >= 4 is 32.7 Å². The molecule has 0 bridgehead atoms. The number of anilines is 1. The Morgan fingerprint density at radius 1 is 1.50 bits per heavy atom. The summed E-state index contributed by atoms with van der Waals surface area (Å²) in [6.07, 6.45) is -0.669. The Kier molecular flexibility index (Phi) is 3.96. The number of benzene rings is 1. The molecule has 7 heteroatoms. The number of para-hydroxylation sites is 1. The molecule has 0 aliphatic rings. The Labute approximate surface area is 109 Å². The van der Waals surface area contributed by atoms with Crippen molar-refractivity contribution in [1.29, 1.82) is 0 Å². The van der Waals surface area contributed by atoms with Gasteiger partial charge in [-0.15, -0.1) is 0 Å². The van der Waals surface area contributed by atoms with Crippen LogP contribution in [-0.4, -0.2) is 23.8 Å². The van der Waals surface area contributed by atoms with Crippen molar-refractivity contribution in [3.8, 4) is 0 Å². The Morgan fingerprint density at radius 3 is 3.00 bits per heavy atom. The highest BCUT2D eigenvalue weighted by molar-refractivity contribution is 7.22. The fourth-order valence-electron chi connectivity index (χ4n) is 1.46. The topological polar surface area (TPSA) is 92.1 Å². The van der Waals surface area contributed by atoms with Crippen LogP contribution in [0, 0.1) is 0 Å². The number of aromatic nitrogens is 1. The molecular weight excluding hydrogens is 250 g/mol. The van der Waals surface area contributed by atoms with Crippen LogP contribution in [-0.2, 0) is 0 Å². The minimum absolute atomic E-state index is 0.307. The second kappa shape index (κ2) is 5.65. The molecule has 1 atom stereocenters. The van der Waals surface area contributed by atoms with Crippen LogP contribution in [0.2, 0.25) is 0 Å². The van der Waals surface area contributed by atoms with Crippen LogP contribution in [0.4, 0.5) is 9.93 Å². The first-order chi connectivity index (χ1) is 8.69. The normalized spacial score (nSPS) is 12.1. The predicted molar refractivity (Wildman–Crippen MR) is 73.4 cm³/mol. The minimum Gasteiger partial charge on any atom is -0.338 e. The van der Waals surface area contributed by atoms with Gasteiger partial charge in [0.15, 0.2) is 11.4 Å².